The van der Waals surface area contributed by atoms with Crippen molar-refractivity contribution >= 4 is 38.5 Å². The molecule has 0 amide bonds. The normalized spacial score (nSPS) is 11.4. The predicted molar refractivity (Wildman–Crippen MR) is 108 cm³/mol. The number of para-hydroxylation sites is 2. The van der Waals surface area contributed by atoms with Gasteiger partial charge in [-0.1, -0.05) is 66.7 Å². The third kappa shape index (κ3) is 2.02. The molecule has 5 aromatic rings. The first-order chi connectivity index (χ1) is 12.8. The number of hydrogen-bond acceptors (Lipinski definition) is 1. The van der Waals surface area contributed by atoms with Crippen LogP contribution < -0.4 is 0 Å². The number of fused-ring (bicyclic) bond motifs is 4. The van der Waals surface area contributed by atoms with Gasteiger partial charge in [0.1, 0.15) is 0 Å². The van der Waals surface area contributed by atoms with Crippen LogP contribution >= 0.6 is 0 Å². The van der Waals surface area contributed by atoms with Gasteiger partial charge in [-0.2, -0.15) is 0 Å². The Morgan fingerprint density at radius 2 is 1.12 bits per heavy atom. The molecule has 2 heteroatoms. The zero-order chi connectivity index (χ0) is 17.7. The molecule has 0 saturated heterocycles. The van der Waals surface area contributed by atoms with Gasteiger partial charge in [0.15, 0.2) is 0 Å². The monoisotopic (exact) mass is 335 g/mol. The molecule has 0 aliphatic carbocycles. The van der Waals surface area contributed by atoms with Crippen LogP contribution in [0.25, 0.3) is 32.6 Å². The summed E-state index contributed by atoms with van der Waals surface area (Å²) in [5.41, 5.74) is 3.81. The lowest BCUT2D eigenvalue weighted by molar-refractivity contribution is 0.0971. The Morgan fingerprint density at radius 3 is 1.73 bits per heavy atom. The quantitative estimate of drug-likeness (QED) is 0.371. The van der Waals surface area contributed by atoms with Crippen LogP contribution in [0.5, 0.6) is 0 Å². The number of aryl methyl sites for hydroxylation is 1. The van der Waals surface area contributed by atoms with Gasteiger partial charge in [-0.15, -0.1) is 0 Å². The van der Waals surface area contributed by atoms with Crippen molar-refractivity contribution in [1.29, 1.82) is 0 Å². The van der Waals surface area contributed by atoms with E-state index in [1.54, 1.807) is 0 Å². The van der Waals surface area contributed by atoms with Crippen molar-refractivity contribution in [2.75, 3.05) is 0 Å². The molecule has 0 unspecified atom stereocenters. The molecule has 0 atom stereocenters. The molecule has 26 heavy (non-hydrogen) atoms. The third-order valence-corrected chi connectivity index (χ3v) is 5.16. The lowest BCUT2D eigenvalue weighted by Crippen LogP contribution is -2.12. The number of carbonyl (C=O) groups excluding carboxylic acids is 1. The minimum Gasteiger partial charge on any atom is -0.276 e. The van der Waals surface area contributed by atoms with Gasteiger partial charge in [0.25, 0.3) is 5.91 Å². The maximum Gasteiger partial charge on any atom is 0.263 e. The van der Waals surface area contributed by atoms with Crippen LogP contribution in [0.15, 0.2) is 84.9 Å². The number of aromatic nitrogens is 1. The molecule has 2 nitrogen and oxygen atoms in total. The maximum absolute atomic E-state index is 13.6. The lowest BCUT2D eigenvalue weighted by Gasteiger charge is -2.11. The van der Waals surface area contributed by atoms with Crippen molar-refractivity contribution in [3.8, 4) is 0 Å². The maximum atomic E-state index is 13.6. The summed E-state index contributed by atoms with van der Waals surface area (Å²) < 4.78 is 1.85. The Labute approximate surface area is 151 Å². The van der Waals surface area contributed by atoms with Crippen LogP contribution in [-0.2, 0) is 0 Å². The largest absolute Gasteiger partial charge is 0.276 e. The SMILES string of the molecule is Cc1ccc(C(=O)n2c3ccccc3c3ccccc32)c2ccccc12. The average molecular weight is 335 g/mol. The van der Waals surface area contributed by atoms with Gasteiger partial charge in [0.2, 0.25) is 0 Å². The predicted octanol–water partition coefficient (Wildman–Crippen LogP) is 5.94. The van der Waals surface area contributed by atoms with E-state index in [9.17, 15) is 4.79 Å². The third-order valence-electron chi connectivity index (χ3n) is 5.16. The summed E-state index contributed by atoms with van der Waals surface area (Å²) in [6.07, 6.45) is 0. The van der Waals surface area contributed by atoms with Crippen molar-refractivity contribution in [3.05, 3.63) is 96.1 Å². The van der Waals surface area contributed by atoms with E-state index >= 15 is 0 Å². The van der Waals surface area contributed by atoms with Crippen molar-refractivity contribution in [3.63, 3.8) is 0 Å². The Morgan fingerprint density at radius 1 is 0.615 bits per heavy atom. The Bertz CT molecular complexity index is 1260. The van der Waals surface area contributed by atoms with Crippen molar-refractivity contribution in [1.82, 2.24) is 4.57 Å². The van der Waals surface area contributed by atoms with Gasteiger partial charge in [0, 0.05) is 16.3 Å². The Kier molecular flexibility index (Phi) is 3.19. The highest BCUT2D eigenvalue weighted by molar-refractivity contribution is 6.19. The number of rotatable bonds is 1. The van der Waals surface area contributed by atoms with Crippen LogP contribution in [0.4, 0.5) is 0 Å². The van der Waals surface area contributed by atoms with Crippen LogP contribution in [0.1, 0.15) is 15.9 Å². The summed E-state index contributed by atoms with van der Waals surface area (Å²) in [5.74, 6) is 0.0126. The van der Waals surface area contributed by atoms with Crippen LogP contribution in [0, 0.1) is 6.92 Å². The molecule has 0 N–H and O–H groups in total. The highest BCUT2D eigenvalue weighted by Gasteiger charge is 2.19. The van der Waals surface area contributed by atoms with E-state index < -0.39 is 0 Å². The molecule has 0 spiro atoms. The zero-order valence-electron chi connectivity index (χ0n) is 14.4. The minimum atomic E-state index is 0.0126. The summed E-state index contributed by atoms with van der Waals surface area (Å²) in [6, 6.07) is 28.3. The molecular formula is C24H17NO. The fraction of sp³-hybridized carbons (Fsp3) is 0.0417. The van der Waals surface area contributed by atoms with E-state index in [4.69, 9.17) is 0 Å². The summed E-state index contributed by atoms with van der Waals surface area (Å²) >= 11 is 0. The van der Waals surface area contributed by atoms with Gasteiger partial charge in [-0.25, -0.2) is 0 Å². The molecule has 0 fully saturated rings. The molecule has 0 bridgehead atoms. The number of hydrogen-bond donors (Lipinski definition) is 0. The van der Waals surface area contributed by atoms with E-state index in [1.807, 2.05) is 71.3 Å². The number of nitrogens with zero attached hydrogens (tertiary/aromatic N) is 1. The molecule has 0 aliphatic heterocycles. The van der Waals surface area contributed by atoms with Crippen LogP contribution in [0.3, 0.4) is 0 Å². The van der Waals surface area contributed by atoms with Crippen molar-refractivity contribution in [2.24, 2.45) is 0 Å². The van der Waals surface area contributed by atoms with Gasteiger partial charge < -0.3 is 0 Å². The average Bonchev–Trinajstić information content (AvgIpc) is 3.03. The molecule has 124 valence electrons. The number of carbonyl (C=O) groups is 1. The molecule has 0 radical (unpaired) electrons. The van der Waals surface area contributed by atoms with E-state index in [0.29, 0.717) is 0 Å². The van der Waals surface area contributed by atoms with Crippen LogP contribution in [0.2, 0.25) is 0 Å². The molecule has 0 aliphatic rings. The van der Waals surface area contributed by atoms with Gasteiger partial charge >= 0.3 is 0 Å². The van der Waals surface area contributed by atoms with E-state index in [-0.39, 0.29) is 5.91 Å². The van der Waals surface area contributed by atoms with E-state index in [0.717, 1.165) is 38.1 Å². The summed E-state index contributed by atoms with van der Waals surface area (Å²) in [6.45, 7) is 2.08. The highest BCUT2D eigenvalue weighted by atomic mass is 16.2. The molecular weight excluding hydrogens is 318 g/mol. The van der Waals surface area contributed by atoms with Gasteiger partial charge in [-0.3, -0.25) is 9.36 Å². The van der Waals surface area contributed by atoms with E-state index in [1.165, 1.54) is 5.56 Å². The van der Waals surface area contributed by atoms with Gasteiger partial charge in [0.05, 0.1) is 11.0 Å². The Balaban J connectivity index is 1.87. The summed E-state index contributed by atoms with van der Waals surface area (Å²) in [5, 5.41) is 4.33. The molecule has 4 aromatic carbocycles. The minimum absolute atomic E-state index is 0.0126. The standard InChI is InChI=1S/C24H17NO/c1-16-14-15-21(18-9-3-2-8-17(16)18)24(26)25-22-12-6-4-10-19(22)20-11-5-7-13-23(20)25/h2-15H,1H3. The molecule has 1 heterocycles. The summed E-state index contributed by atoms with van der Waals surface area (Å²) in [7, 11) is 0. The second-order valence-corrected chi connectivity index (χ2v) is 6.65. The second kappa shape index (κ2) is 5.57. The van der Waals surface area contributed by atoms with Crippen molar-refractivity contribution < 1.29 is 4.79 Å². The van der Waals surface area contributed by atoms with Crippen molar-refractivity contribution in [2.45, 2.75) is 6.92 Å². The first-order valence-electron chi connectivity index (χ1n) is 8.77. The number of benzene rings is 4. The lowest BCUT2D eigenvalue weighted by atomic mass is 10.00. The summed E-state index contributed by atoms with van der Waals surface area (Å²) in [4.78, 5) is 13.6. The molecule has 1 aromatic heterocycles. The second-order valence-electron chi connectivity index (χ2n) is 6.65. The zero-order valence-corrected chi connectivity index (χ0v) is 14.4. The fourth-order valence-corrected chi connectivity index (χ4v) is 3.90. The topological polar surface area (TPSA) is 22.0 Å². The highest BCUT2D eigenvalue weighted by Crippen LogP contribution is 2.31. The molecule has 5 rings (SSSR count). The first-order valence-corrected chi connectivity index (χ1v) is 8.77. The Hall–Kier alpha value is -3.39. The fourth-order valence-electron chi connectivity index (χ4n) is 3.90. The first kappa shape index (κ1) is 14.9. The van der Waals surface area contributed by atoms with Crippen LogP contribution in [-0.4, -0.2) is 10.5 Å². The van der Waals surface area contributed by atoms with E-state index in [2.05, 4.69) is 25.1 Å². The molecule has 0 saturated carbocycles. The van der Waals surface area contributed by atoms with Gasteiger partial charge in [-0.05, 0) is 41.5 Å². The smallest absolute Gasteiger partial charge is 0.263 e.